The van der Waals surface area contributed by atoms with Gasteiger partial charge in [-0.25, -0.2) is 4.98 Å². The van der Waals surface area contributed by atoms with Crippen LogP contribution in [0, 0.1) is 12.8 Å². The normalized spacial score (nSPS) is 20.0. The van der Waals surface area contributed by atoms with E-state index in [1.54, 1.807) is 0 Å². The van der Waals surface area contributed by atoms with Gasteiger partial charge in [0, 0.05) is 25.3 Å². The fraction of sp³-hybridized carbons (Fsp3) is 0.320. The SMILES string of the molecule is Cc1cccc(Cc2nc3c(c(=O)[nH]2)CN(C(=O)[C@@H]2C[C@H]2c2ccccc2)CC3)c1. The number of nitrogens with zero attached hydrogens (tertiary/aromatic N) is 2. The van der Waals surface area contributed by atoms with Crippen LogP contribution in [0.3, 0.4) is 0 Å². The van der Waals surface area contributed by atoms with Crippen LogP contribution in [0.4, 0.5) is 0 Å². The largest absolute Gasteiger partial charge is 0.337 e. The Morgan fingerprint density at radius 2 is 2.00 bits per heavy atom. The summed E-state index contributed by atoms with van der Waals surface area (Å²) in [5, 5.41) is 0. The lowest BCUT2D eigenvalue weighted by Crippen LogP contribution is -2.40. The number of carbonyl (C=O) groups is 1. The zero-order valence-electron chi connectivity index (χ0n) is 17.1. The molecule has 1 fully saturated rings. The summed E-state index contributed by atoms with van der Waals surface area (Å²) in [6.07, 6.45) is 2.14. The van der Waals surface area contributed by atoms with Crippen molar-refractivity contribution in [3.05, 3.63) is 98.7 Å². The van der Waals surface area contributed by atoms with E-state index >= 15 is 0 Å². The summed E-state index contributed by atoms with van der Waals surface area (Å²) in [6, 6.07) is 18.5. The average molecular weight is 399 g/mol. The van der Waals surface area contributed by atoms with Crippen LogP contribution in [0.1, 0.15) is 46.1 Å². The minimum atomic E-state index is -0.115. The first kappa shape index (κ1) is 18.8. The quantitative estimate of drug-likeness (QED) is 0.732. The summed E-state index contributed by atoms with van der Waals surface area (Å²) >= 11 is 0. The molecule has 0 spiro atoms. The first-order chi connectivity index (χ1) is 14.6. The molecule has 5 nitrogen and oxygen atoms in total. The van der Waals surface area contributed by atoms with Gasteiger partial charge in [0.1, 0.15) is 5.82 Å². The molecule has 0 saturated heterocycles. The maximum atomic E-state index is 13.0. The number of H-pyrrole nitrogens is 1. The molecule has 2 aliphatic rings. The van der Waals surface area contributed by atoms with Crippen molar-refractivity contribution < 1.29 is 4.79 Å². The van der Waals surface area contributed by atoms with Crippen LogP contribution >= 0.6 is 0 Å². The molecule has 30 heavy (non-hydrogen) atoms. The number of aromatic amines is 1. The highest BCUT2D eigenvalue weighted by Crippen LogP contribution is 2.48. The second kappa shape index (κ2) is 7.56. The average Bonchev–Trinajstić information content (AvgIpc) is 3.55. The van der Waals surface area contributed by atoms with Gasteiger partial charge in [0.2, 0.25) is 5.91 Å². The summed E-state index contributed by atoms with van der Waals surface area (Å²) in [6.45, 7) is 3.05. The third-order valence-electron chi connectivity index (χ3n) is 6.22. The molecule has 1 aromatic heterocycles. The van der Waals surface area contributed by atoms with Gasteiger partial charge in [0.05, 0.1) is 17.8 Å². The van der Waals surface area contributed by atoms with Crippen LogP contribution in [0.25, 0.3) is 0 Å². The van der Waals surface area contributed by atoms with Crippen molar-refractivity contribution >= 4 is 5.91 Å². The van der Waals surface area contributed by atoms with Crippen LogP contribution in [-0.4, -0.2) is 27.3 Å². The molecule has 5 heteroatoms. The molecule has 1 aliphatic carbocycles. The second-order valence-electron chi connectivity index (χ2n) is 8.47. The number of rotatable bonds is 4. The van der Waals surface area contributed by atoms with E-state index < -0.39 is 0 Å². The van der Waals surface area contributed by atoms with Crippen LogP contribution in [0.15, 0.2) is 59.4 Å². The molecule has 2 atom stereocenters. The smallest absolute Gasteiger partial charge is 0.256 e. The van der Waals surface area contributed by atoms with Crippen molar-refractivity contribution in [2.24, 2.45) is 5.92 Å². The van der Waals surface area contributed by atoms with Crippen molar-refractivity contribution in [2.45, 2.75) is 38.6 Å². The van der Waals surface area contributed by atoms with E-state index in [9.17, 15) is 9.59 Å². The van der Waals surface area contributed by atoms with E-state index in [0.717, 1.165) is 17.7 Å². The Kier molecular flexibility index (Phi) is 4.74. The minimum Gasteiger partial charge on any atom is -0.337 e. The van der Waals surface area contributed by atoms with Gasteiger partial charge in [-0.3, -0.25) is 9.59 Å². The lowest BCUT2D eigenvalue weighted by molar-refractivity contribution is -0.133. The zero-order chi connectivity index (χ0) is 20.7. The van der Waals surface area contributed by atoms with Gasteiger partial charge in [-0.1, -0.05) is 60.2 Å². The highest BCUT2D eigenvalue weighted by atomic mass is 16.2. The van der Waals surface area contributed by atoms with E-state index in [1.807, 2.05) is 35.2 Å². The molecule has 0 unspecified atom stereocenters. The van der Waals surface area contributed by atoms with E-state index in [4.69, 9.17) is 4.98 Å². The van der Waals surface area contributed by atoms with Crippen molar-refractivity contribution in [2.75, 3.05) is 6.54 Å². The molecular formula is C25H25N3O2. The van der Waals surface area contributed by atoms with E-state index in [2.05, 4.69) is 36.2 Å². The van der Waals surface area contributed by atoms with Gasteiger partial charge in [-0.15, -0.1) is 0 Å². The lowest BCUT2D eigenvalue weighted by atomic mass is 10.0. The first-order valence-electron chi connectivity index (χ1n) is 10.6. The number of benzene rings is 2. The summed E-state index contributed by atoms with van der Waals surface area (Å²) in [7, 11) is 0. The molecule has 5 rings (SSSR count). The number of fused-ring (bicyclic) bond motifs is 1. The van der Waals surface area contributed by atoms with E-state index in [-0.39, 0.29) is 17.4 Å². The minimum absolute atomic E-state index is 0.0431. The molecule has 3 aromatic rings. The number of carbonyl (C=O) groups excluding carboxylic acids is 1. The van der Waals surface area contributed by atoms with Gasteiger partial charge < -0.3 is 9.88 Å². The van der Waals surface area contributed by atoms with E-state index in [0.29, 0.717) is 43.2 Å². The maximum Gasteiger partial charge on any atom is 0.256 e. The molecule has 0 bridgehead atoms. The Morgan fingerprint density at radius 3 is 2.80 bits per heavy atom. The number of hydrogen-bond acceptors (Lipinski definition) is 3. The third-order valence-corrected chi connectivity index (χ3v) is 6.22. The third kappa shape index (κ3) is 3.67. The Balaban J connectivity index is 1.30. The monoisotopic (exact) mass is 399 g/mol. The number of hydrogen-bond donors (Lipinski definition) is 1. The Hall–Kier alpha value is -3.21. The fourth-order valence-electron chi connectivity index (χ4n) is 4.53. The molecule has 1 aliphatic heterocycles. The van der Waals surface area contributed by atoms with Crippen molar-refractivity contribution in [1.29, 1.82) is 0 Å². The number of amides is 1. The van der Waals surface area contributed by atoms with E-state index in [1.165, 1.54) is 11.1 Å². The topological polar surface area (TPSA) is 66.1 Å². The van der Waals surface area contributed by atoms with Crippen molar-refractivity contribution in [1.82, 2.24) is 14.9 Å². The predicted octanol–water partition coefficient (Wildman–Crippen LogP) is 3.36. The predicted molar refractivity (Wildman–Crippen MR) is 115 cm³/mol. The summed E-state index contributed by atoms with van der Waals surface area (Å²) in [4.78, 5) is 35.2. The van der Waals surface area contributed by atoms with Crippen LogP contribution < -0.4 is 5.56 Å². The molecule has 0 radical (unpaired) electrons. The number of nitrogens with one attached hydrogen (secondary N) is 1. The van der Waals surface area contributed by atoms with Gasteiger partial charge in [0.25, 0.3) is 5.56 Å². The molecule has 2 heterocycles. The number of aromatic nitrogens is 2. The molecule has 1 amide bonds. The van der Waals surface area contributed by atoms with Gasteiger partial charge >= 0.3 is 0 Å². The van der Waals surface area contributed by atoms with Crippen molar-refractivity contribution in [3.63, 3.8) is 0 Å². The summed E-state index contributed by atoms with van der Waals surface area (Å²) in [5.74, 6) is 1.21. The van der Waals surface area contributed by atoms with Crippen molar-refractivity contribution in [3.8, 4) is 0 Å². The van der Waals surface area contributed by atoms with Gasteiger partial charge in [-0.2, -0.15) is 0 Å². The van der Waals surface area contributed by atoms with Crippen LogP contribution in [0.5, 0.6) is 0 Å². The molecule has 152 valence electrons. The number of aryl methyl sites for hydroxylation is 1. The lowest BCUT2D eigenvalue weighted by Gasteiger charge is -2.28. The summed E-state index contributed by atoms with van der Waals surface area (Å²) in [5.41, 5.74) is 4.91. The molecule has 2 aromatic carbocycles. The van der Waals surface area contributed by atoms with Gasteiger partial charge in [0.15, 0.2) is 0 Å². The Bertz CT molecular complexity index is 1150. The first-order valence-corrected chi connectivity index (χ1v) is 10.6. The Labute approximate surface area is 175 Å². The Morgan fingerprint density at radius 1 is 1.17 bits per heavy atom. The maximum absolute atomic E-state index is 13.0. The highest BCUT2D eigenvalue weighted by molar-refractivity contribution is 5.83. The van der Waals surface area contributed by atoms with Crippen LogP contribution in [-0.2, 0) is 24.2 Å². The highest BCUT2D eigenvalue weighted by Gasteiger charge is 2.46. The molecule has 1 N–H and O–H groups in total. The fourth-order valence-corrected chi connectivity index (χ4v) is 4.53. The molecular weight excluding hydrogens is 374 g/mol. The van der Waals surface area contributed by atoms with Crippen LogP contribution in [0.2, 0.25) is 0 Å². The molecule has 1 saturated carbocycles. The standard InChI is InChI=1S/C25H25N3O2/c1-16-6-5-7-17(12-16)13-23-26-22-10-11-28(15-21(22)24(29)27-23)25(30)20-14-19(20)18-8-3-2-4-9-18/h2-9,12,19-20H,10-11,13-15H2,1H3,(H,26,27,29)/t19-,20+/m0/s1. The second-order valence-corrected chi connectivity index (χ2v) is 8.47. The zero-order valence-corrected chi connectivity index (χ0v) is 17.1. The van der Waals surface area contributed by atoms with Gasteiger partial charge in [-0.05, 0) is 30.4 Å². The summed E-state index contributed by atoms with van der Waals surface area (Å²) < 4.78 is 0.